The molecule has 0 radical (unpaired) electrons. The standard InChI is InChI=1S/C23H23N3O4S/c1-16(17-9-4-3-5-10-17)25-23(28)20-13-6-7-14-21(20)26-22(27)18-11-8-12-19(15-18)31(29,30)24-2/h3-16,24H,1-2H3,(H,25,28)(H,26,27)/t16-/m1/s1. The number of para-hydroxylation sites is 1. The van der Waals surface area contributed by atoms with E-state index >= 15 is 0 Å². The average molecular weight is 438 g/mol. The SMILES string of the molecule is CNS(=O)(=O)c1cccc(C(=O)Nc2ccccc2C(=O)N[C@H](C)c2ccccc2)c1. The molecule has 0 aliphatic carbocycles. The smallest absolute Gasteiger partial charge is 0.255 e. The van der Waals surface area contributed by atoms with E-state index in [1.54, 1.807) is 24.3 Å². The van der Waals surface area contributed by atoms with Crippen LogP contribution >= 0.6 is 0 Å². The van der Waals surface area contributed by atoms with Crippen molar-refractivity contribution in [1.82, 2.24) is 10.0 Å². The second-order valence-corrected chi connectivity index (χ2v) is 8.73. The molecule has 0 aliphatic rings. The number of carbonyl (C=O) groups excluding carboxylic acids is 2. The van der Waals surface area contributed by atoms with Crippen LogP contribution < -0.4 is 15.4 Å². The average Bonchev–Trinajstić information content (AvgIpc) is 2.80. The summed E-state index contributed by atoms with van der Waals surface area (Å²) in [6, 6.07) is 21.6. The minimum atomic E-state index is -3.68. The van der Waals surface area contributed by atoms with Crippen molar-refractivity contribution in [2.75, 3.05) is 12.4 Å². The largest absolute Gasteiger partial charge is 0.345 e. The summed E-state index contributed by atoms with van der Waals surface area (Å²) in [4.78, 5) is 25.6. The first-order chi connectivity index (χ1) is 14.8. The van der Waals surface area contributed by atoms with E-state index in [9.17, 15) is 18.0 Å². The molecule has 160 valence electrons. The summed E-state index contributed by atoms with van der Waals surface area (Å²) in [5.41, 5.74) is 1.74. The fourth-order valence-corrected chi connectivity index (χ4v) is 3.78. The minimum Gasteiger partial charge on any atom is -0.345 e. The van der Waals surface area contributed by atoms with E-state index in [1.807, 2.05) is 37.3 Å². The van der Waals surface area contributed by atoms with Gasteiger partial charge < -0.3 is 10.6 Å². The summed E-state index contributed by atoms with van der Waals surface area (Å²) >= 11 is 0. The van der Waals surface area contributed by atoms with Crippen LogP contribution in [0.2, 0.25) is 0 Å². The molecule has 0 fully saturated rings. The molecule has 8 heteroatoms. The Labute approximate surface area is 181 Å². The zero-order chi connectivity index (χ0) is 22.4. The maximum atomic E-state index is 12.8. The van der Waals surface area contributed by atoms with Gasteiger partial charge in [0.15, 0.2) is 0 Å². The number of sulfonamides is 1. The number of anilines is 1. The molecule has 3 N–H and O–H groups in total. The molecule has 3 aromatic carbocycles. The van der Waals surface area contributed by atoms with E-state index in [0.29, 0.717) is 11.3 Å². The van der Waals surface area contributed by atoms with Gasteiger partial charge in [0.1, 0.15) is 0 Å². The van der Waals surface area contributed by atoms with E-state index in [0.717, 1.165) is 5.56 Å². The highest BCUT2D eigenvalue weighted by atomic mass is 32.2. The number of nitrogens with one attached hydrogen (secondary N) is 3. The molecule has 0 heterocycles. The van der Waals surface area contributed by atoms with Crippen LogP contribution in [0.4, 0.5) is 5.69 Å². The number of rotatable bonds is 7. The number of amides is 2. The number of benzene rings is 3. The highest BCUT2D eigenvalue weighted by Gasteiger charge is 2.18. The summed E-state index contributed by atoms with van der Waals surface area (Å²) in [6.45, 7) is 1.88. The third kappa shape index (κ3) is 5.36. The van der Waals surface area contributed by atoms with Gasteiger partial charge in [-0.25, -0.2) is 13.1 Å². The van der Waals surface area contributed by atoms with Crippen LogP contribution in [0.1, 0.15) is 39.2 Å². The fourth-order valence-electron chi connectivity index (χ4n) is 3.01. The molecule has 0 aliphatic heterocycles. The van der Waals surface area contributed by atoms with Crippen molar-refractivity contribution in [2.45, 2.75) is 17.9 Å². The molecule has 2 amide bonds. The topological polar surface area (TPSA) is 104 Å². The van der Waals surface area contributed by atoms with Crippen molar-refractivity contribution in [3.63, 3.8) is 0 Å². The lowest BCUT2D eigenvalue weighted by Crippen LogP contribution is -2.28. The van der Waals surface area contributed by atoms with E-state index in [-0.39, 0.29) is 22.4 Å². The fraction of sp³-hybridized carbons (Fsp3) is 0.130. The van der Waals surface area contributed by atoms with E-state index < -0.39 is 15.9 Å². The Kier molecular flexibility index (Phi) is 6.84. The molecule has 0 saturated heterocycles. The van der Waals surface area contributed by atoms with Crippen LogP contribution in [-0.4, -0.2) is 27.3 Å². The van der Waals surface area contributed by atoms with Crippen molar-refractivity contribution in [2.24, 2.45) is 0 Å². The number of carbonyl (C=O) groups is 2. The summed E-state index contributed by atoms with van der Waals surface area (Å²) in [5.74, 6) is -0.858. The monoisotopic (exact) mass is 437 g/mol. The third-order valence-corrected chi connectivity index (χ3v) is 6.15. The van der Waals surface area contributed by atoms with Gasteiger partial charge in [-0.05, 0) is 49.9 Å². The van der Waals surface area contributed by atoms with Gasteiger partial charge in [0.25, 0.3) is 11.8 Å². The normalized spacial score (nSPS) is 12.1. The first-order valence-electron chi connectivity index (χ1n) is 9.61. The molecule has 0 unspecified atom stereocenters. The van der Waals surface area contributed by atoms with E-state index in [1.165, 1.54) is 31.3 Å². The van der Waals surface area contributed by atoms with Crippen molar-refractivity contribution in [3.8, 4) is 0 Å². The molecule has 0 spiro atoms. The first-order valence-corrected chi connectivity index (χ1v) is 11.1. The van der Waals surface area contributed by atoms with Crippen molar-refractivity contribution < 1.29 is 18.0 Å². The second-order valence-electron chi connectivity index (χ2n) is 6.84. The van der Waals surface area contributed by atoms with Gasteiger partial charge >= 0.3 is 0 Å². The molecule has 3 aromatic rings. The third-order valence-electron chi connectivity index (χ3n) is 4.74. The molecule has 31 heavy (non-hydrogen) atoms. The molecule has 3 rings (SSSR count). The Morgan fingerprint density at radius 1 is 0.839 bits per heavy atom. The lowest BCUT2D eigenvalue weighted by molar-refractivity contribution is 0.0940. The molecular weight excluding hydrogens is 414 g/mol. The van der Waals surface area contributed by atoms with Crippen molar-refractivity contribution >= 4 is 27.5 Å². The number of hydrogen-bond donors (Lipinski definition) is 3. The summed E-state index contributed by atoms with van der Waals surface area (Å²) < 4.78 is 26.2. The van der Waals surface area contributed by atoms with Crippen LogP contribution in [0, 0.1) is 0 Å². The van der Waals surface area contributed by atoms with Crippen LogP contribution in [0.25, 0.3) is 0 Å². The van der Waals surface area contributed by atoms with Gasteiger partial charge in [-0.2, -0.15) is 0 Å². The van der Waals surface area contributed by atoms with Crippen LogP contribution in [0.3, 0.4) is 0 Å². The van der Waals surface area contributed by atoms with Gasteiger partial charge in [-0.3, -0.25) is 9.59 Å². The van der Waals surface area contributed by atoms with E-state index in [2.05, 4.69) is 15.4 Å². The lowest BCUT2D eigenvalue weighted by Gasteiger charge is -2.16. The van der Waals surface area contributed by atoms with Crippen LogP contribution in [-0.2, 0) is 10.0 Å². The first kappa shape index (κ1) is 22.2. The Morgan fingerprint density at radius 3 is 2.23 bits per heavy atom. The van der Waals surface area contributed by atoms with Crippen molar-refractivity contribution in [1.29, 1.82) is 0 Å². The predicted octanol–water partition coefficient (Wildman–Crippen LogP) is 3.34. The summed E-state index contributed by atoms with van der Waals surface area (Å²) in [7, 11) is -2.38. The molecular formula is C23H23N3O4S. The Bertz CT molecular complexity index is 1190. The molecule has 0 saturated carbocycles. The molecule has 0 aromatic heterocycles. The molecule has 1 atom stereocenters. The predicted molar refractivity (Wildman–Crippen MR) is 119 cm³/mol. The van der Waals surface area contributed by atoms with Gasteiger partial charge in [-0.15, -0.1) is 0 Å². The lowest BCUT2D eigenvalue weighted by atomic mass is 10.1. The van der Waals surface area contributed by atoms with Crippen molar-refractivity contribution in [3.05, 3.63) is 95.6 Å². The van der Waals surface area contributed by atoms with Gasteiger partial charge in [0.2, 0.25) is 10.0 Å². The quantitative estimate of drug-likeness (QED) is 0.527. The molecule has 0 bridgehead atoms. The number of hydrogen-bond acceptors (Lipinski definition) is 4. The van der Waals surface area contributed by atoms with Gasteiger partial charge in [0, 0.05) is 5.56 Å². The second kappa shape index (κ2) is 9.55. The highest BCUT2D eigenvalue weighted by Crippen LogP contribution is 2.19. The summed E-state index contributed by atoms with van der Waals surface area (Å²) in [6.07, 6.45) is 0. The zero-order valence-electron chi connectivity index (χ0n) is 17.1. The van der Waals surface area contributed by atoms with Gasteiger partial charge in [-0.1, -0.05) is 48.5 Å². The molecule has 7 nitrogen and oxygen atoms in total. The summed E-state index contributed by atoms with van der Waals surface area (Å²) in [5, 5.41) is 5.63. The van der Waals surface area contributed by atoms with E-state index in [4.69, 9.17) is 0 Å². The van der Waals surface area contributed by atoms with Gasteiger partial charge in [0.05, 0.1) is 22.2 Å². The maximum Gasteiger partial charge on any atom is 0.255 e. The minimum absolute atomic E-state index is 0.0228. The van der Waals surface area contributed by atoms with Crippen LogP contribution in [0.5, 0.6) is 0 Å². The Hall–Kier alpha value is -3.49. The maximum absolute atomic E-state index is 12.8. The zero-order valence-corrected chi connectivity index (χ0v) is 17.9. The Balaban J connectivity index is 1.80. The van der Waals surface area contributed by atoms with Crippen LogP contribution in [0.15, 0.2) is 83.8 Å². The Morgan fingerprint density at radius 2 is 1.52 bits per heavy atom. The highest BCUT2D eigenvalue weighted by molar-refractivity contribution is 7.89.